The summed E-state index contributed by atoms with van der Waals surface area (Å²) in [5, 5.41) is 12.5. The van der Waals surface area contributed by atoms with Crippen LogP contribution in [0.1, 0.15) is 17.0 Å². The first kappa shape index (κ1) is 23.1. The van der Waals surface area contributed by atoms with Crippen LogP contribution >= 0.6 is 27.7 Å². The predicted octanol–water partition coefficient (Wildman–Crippen LogP) is 5.67. The van der Waals surface area contributed by atoms with E-state index in [1.54, 1.807) is 7.11 Å². The van der Waals surface area contributed by atoms with E-state index in [0.29, 0.717) is 11.6 Å². The van der Waals surface area contributed by atoms with Gasteiger partial charge in [-0.25, -0.2) is 0 Å². The third-order valence-electron chi connectivity index (χ3n) is 5.03. The highest BCUT2D eigenvalue weighted by Crippen LogP contribution is 2.26. The first-order valence-corrected chi connectivity index (χ1v) is 12.1. The number of methoxy groups -OCH3 is 1. The molecule has 6 nitrogen and oxygen atoms in total. The molecule has 0 atom stereocenters. The number of aryl methyl sites for hydroxylation is 1. The topological polar surface area (TPSA) is 69.0 Å². The number of benzene rings is 3. The normalized spacial score (nSPS) is 10.8. The molecular weight excluding hydrogens is 500 g/mol. The van der Waals surface area contributed by atoms with Gasteiger partial charge in [0.15, 0.2) is 5.16 Å². The third-order valence-corrected chi connectivity index (χ3v) is 6.45. The highest BCUT2D eigenvalue weighted by molar-refractivity contribution is 9.10. The van der Waals surface area contributed by atoms with Gasteiger partial charge in [-0.15, -0.1) is 10.2 Å². The summed E-state index contributed by atoms with van der Waals surface area (Å²) in [7, 11) is 1.64. The Hall–Kier alpha value is -3.10. The fourth-order valence-corrected chi connectivity index (χ4v) is 4.61. The van der Waals surface area contributed by atoms with Crippen molar-refractivity contribution in [3.05, 3.63) is 94.2 Å². The van der Waals surface area contributed by atoms with Crippen molar-refractivity contribution in [3.63, 3.8) is 0 Å². The van der Waals surface area contributed by atoms with E-state index >= 15 is 0 Å². The number of anilines is 1. The van der Waals surface area contributed by atoms with Gasteiger partial charge in [0.1, 0.15) is 11.6 Å². The summed E-state index contributed by atoms with van der Waals surface area (Å²) in [5.74, 6) is 1.70. The maximum atomic E-state index is 12.6. The number of ether oxygens (including phenoxy) is 1. The van der Waals surface area contributed by atoms with E-state index in [2.05, 4.69) is 43.6 Å². The minimum absolute atomic E-state index is 0.0979. The summed E-state index contributed by atoms with van der Waals surface area (Å²) in [4.78, 5) is 12.6. The largest absolute Gasteiger partial charge is 0.497 e. The molecule has 0 aliphatic rings. The van der Waals surface area contributed by atoms with Gasteiger partial charge in [-0.05, 0) is 60.5 Å². The van der Waals surface area contributed by atoms with E-state index in [1.165, 1.54) is 11.8 Å². The van der Waals surface area contributed by atoms with Gasteiger partial charge >= 0.3 is 0 Å². The van der Waals surface area contributed by atoms with Gasteiger partial charge in [-0.2, -0.15) is 0 Å². The molecule has 168 valence electrons. The molecule has 0 aliphatic carbocycles. The Labute approximate surface area is 205 Å². The van der Waals surface area contributed by atoms with E-state index in [0.717, 1.165) is 38.5 Å². The van der Waals surface area contributed by atoms with Gasteiger partial charge in [0.2, 0.25) is 5.91 Å². The average molecular weight is 523 g/mol. The highest BCUT2D eigenvalue weighted by atomic mass is 79.9. The Morgan fingerprint density at radius 3 is 2.52 bits per heavy atom. The lowest BCUT2D eigenvalue weighted by molar-refractivity contribution is -0.113. The molecular formula is C25H23BrN4O2S. The van der Waals surface area contributed by atoms with Crippen LogP contribution < -0.4 is 10.1 Å². The van der Waals surface area contributed by atoms with Crippen LogP contribution in [0, 0.1) is 6.92 Å². The number of carbonyl (C=O) groups is 1. The van der Waals surface area contributed by atoms with E-state index in [4.69, 9.17) is 4.74 Å². The van der Waals surface area contributed by atoms with Gasteiger partial charge in [0.25, 0.3) is 0 Å². The van der Waals surface area contributed by atoms with Crippen molar-refractivity contribution in [2.24, 2.45) is 0 Å². The first-order chi connectivity index (χ1) is 16.0. The minimum Gasteiger partial charge on any atom is -0.497 e. The van der Waals surface area contributed by atoms with Gasteiger partial charge in [-0.1, -0.05) is 58.0 Å². The molecule has 0 spiro atoms. The Kier molecular flexibility index (Phi) is 7.47. The van der Waals surface area contributed by atoms with E-state index in [1.807, 2.05) is 72.2 Å². The molecule has 0 radical (unpaired) electrons. The number of hydrogen-bond donors (Lipinski definition) is 1. The number of aromatic nitrogens is 3. The molecule has 1 heterocycles. The zero-order valence-corrected chi connectivity index (χ0v) is 20.7. The van der Waals surface area contributed by atoms with Crippen molar-refractivity contribution in [3.8, 4) is 11.4 Å². The molecule has 0 saturated carbocycles. The zero-order valence-electron chi connectivity index (χ0n) is 18.3. The van der Waals surface area contributed by atoms with Crippen molar-refractivity contribution < 1.29 is 9.53 Å². The van der Waals surface area contributed by atoms with Crippen LogP contribution in [0.5, 0.6) is 5.75 Å². The molecule has 0 aliphatic heterocycles. The van der Waals surface area contributed by atoms with Crippen LogP contribution in [-0.4, -0.2) is 33.5 Å². The second-order valence-corrected chi connectivity index (χ2v) is 9.25. The van der Waals surface area contributed by atoms with Crippen molar-refractivity contribution >= 4 is 39.3 Å². The SMILES string of the molecule is COc1ccc(-n2c(Cc3ccccc3)nnc2SCC(=O)Nc2ccc(Br)cc2C)cc1. The second-order valence-electron chi connectivity index (χ2n) is 7.39. The second kappa shape index (κ2) is 10.7. The van der Waals surface area contributed by atoms with E-state index in [9.17, 15) is 4.79 Å². The van der Waals surface area contributed by atoms with Gasteiger partial charge in [0.05, 0.1) is 12.9 Å². The summed E-state index contributed by atoms with van der Waals surface area (Å²) in [5.41, 5.74) is 3.84. The molecule has 0 saturated heterocycles. The van der Waals surface area contributed by atoms with Crippen molar-refractivity contribution in [1.29, 1.82) is 0 Å². The maximum Gasteiger partial charge on any atom is 0.234 e. The summed E-state index contributed by atoms with van der Waals surface area (Å²) in [6.07, 6.45) is 0.630. The van der Waals surface area contributed by atoms with Gasteiger partial charge in [-0.3, -0.25) is 9.36 Å². The minimum atomic E-state index is -0.0979. The van der Waals surface area contributed by atoms with Crippen LogP contribution in [0.15, 0.2) is 82.4 Å². The number of carbonyl (C=O) groups excluding carboxylic acids is 1. The summed E-state index contributed by atoms with van der Waals surface area (Å²) in [6, 6.07) is 23.6. The highest BCUT2D eigenvalue weighted by Gasteiger charge is 2.17. The number of thioether (sulfide) groups is 1. The van der Waals surface area contributed by atoms with Crippen LogP contribution in [0.4, 0.5) is 5.69 Å². The molecule has 1 amide bonds. The monoisotopic (exact) mass is 522 g/mol. The molecule has 4 aromatic rings. The van der Waals surface area contributed by atoms with Crippen LogP contribution in [0.3, 0.4) is 0 Å². The lowest BCUT2D eigenvalue weighted by atomic mass is 10.1. The molecule has 1 N–H and O–H groups in total. The smallest absolute Gasteiger partial charge is 0.234 e. The molecule has 3 aromatic carbocycles. The zero-order chi connectivity index (χ0) is 23.2. The summed E-state index contributed by atoms with van der Waals surface area (Å²) >= 11 is 4.80. The van der Waals surface area contributed by atoms with Crippen molar-refractivity contribution in [2.75, 3.05) is 18.2 Å². The molecule has 0 unspecified atom stereocenters. The Morgan fingerprint density at radius 2 is 1.82 bits per heavy atom. The van der Waals surface area contributed by atoms with E-state index in [-0.39, 0.29) is 11.7 Å². The molecule has 33 heavy (non-hydrogen) atoms. The number of nitrogens with one attached hydrogen (secondary N) is 1. The molecule has 4 rings (SSSR count). The number of hydrogen-bond acceptors (Lipinski definition) is 5. The fourth-order valence-electron chi connectivity index (χ4n) is 3.36. The molecule has 0 fully saturated rings. The lowest BCUT2D eigenvalue weighted by Crippen LogP contribution is -2.15. The molecule has 1 aromatic heterocycles. The van der Waals surface area contributed by atoms with Crippen LogP contribution in [0.25, 0.3) is 5.69 Å². The van der Waals surface area contributed by atoms with E-state index < -0.39 is 0 Å². The lowest BCUT2D eigenvalue weighted by Gasteiger charge is -2.12. The molecule has 0 bridgehead atoms. The molecule has 8 heteroatoms. The summed E-state index contributed by atoms with van der Waals surface area (Å²) < 4.78 is 8.27. The summed E-state index contributed by atoms with van der Waals surface area (Å²) in [6.45, 7) is 1.96. The standard InChI is InChI=1S/C25H23BrN4O2S/c1-17-14-19(26)8-13-22(17)27-24(31)16-33-25-29-28-23(15-18-6-4-3-5-7-18)30(25)20-9-11-21(32-2)12-10-20/h3-14H,15-16H2,1-2H3,(H,27,31). The predicted molar refractivity (Wildman–Crippen MR) is 135 cm³/mol. The number of nitrogens with zero attached hydrogens (tertiary/aromatic N) is 3. The fraction of sp³-hybridized carbons (Fsp3) is 0.160. The quantitative estimate of drug-likeness (QED) is 0.302. The van der Waals surface area contributed by atoms with Crippen molar-refractivity contribution in [1.82, 2.24) is 14.8 Å². The Bertz CT molecular complexity index is 1240. The number of amides is 1. The van der Waals surface area contributed by atoms with Crippen molar-refractivity contribution in [2.45, 2.75) is 18.5 Å². The van der Waals surface area contributed by atoms with Gasteiger partial charge < -0.3 is 10.1 Å². The Balaban J connectivity index is 1.55. The third kappa shape index (κ3) is 5.83. The first-order valence-electron chi connectivity index (χ1n) is 10.3. The van der Waals surface area contributed by atoms with Crippen LogP contribution in [-0.2, 0) is 11.2 Å². The number of rotatable bonds is 8. The van der Waals surface area contributed by atoms with Crippen LogP contribution in [0.2, 0.25) is 0 Å². The maximum absolute atomic E-state index is 12.6. The van der Waals surface area contributed by atoms with Gasteiger partial charge in [0, 0.05) is 22.3 Å². The Morgan fingerprint density at radius 1 is 1.06 bits per heavy atom. The average Bonchev–Trinajstić information content (AvgIpc) is 3.22. The number of halogens is 1.